The number of amidine groups is 1. The minimum atomic E-state index is -0.782. The van der Waals surface area contributed by atoms with Gasteiger partial charge in [0.05, 0.1) is 12.7 Å². The molecule has 1 aliphatic heterocycles. The van der Waals surface area contributed by atoms with Crippen molar-refractivity contribution < 1.29 is 18.3 Å². The van der Waals surface area contributed by atoms with Gasteiger partial charge in [-0.25, -0.2) is 14.2 Å². The van der Waals surface area contributed by atoms with E-state index in [1.165, 1.54) is 31.7 Å². The van der Waals surface area contributed by atoms with E-state index < -0.39 is 17.8 Å². The number of allylic oxidation sites excluding steroid dienone is 1. The quantitative estimate of drug-likeness (QED) is 0.577. The van der Waals surface area contributed by atoms with E-state index >= 15 is 0 Å². The molecule has 1 atom stereocenters. The first-order chi connectivity index (χ1) is 12.5. The first-order valence-corrected chi connectivity index (χ1v) is 9.03. The topological polar surface area (TPSA) is 76.7 Å². The number of nitrogens with zero attached hydrogens (tertiary/aromatic N) is 2. The Morgan fingerprint density at radius 1 is 1.50 bits per heavy atom. The number of aryl methyl sites for hydroxylation is 1. The summed E-state index contributed by atoms with van der Waals surface area (Å²) in [5.74, 6) is -0.0510. The predicted molar refractivity (Wildman–Crippen MR) is 97.9 cm³/mol. The summed E-state index contributed by atoms with van der Waals surface area (Å²) in [6.07, 6.45) is 1.31. The number of rotatable bonds is 4. The SMILES string of the molecule is COC(=O)C1=C(CBr)NC(c2ncoc2C)=NC1c1ccc(F)cc1Cl. The van der Waals surface area contributed by atoms with Crippen molar-refractivity contribution in [2.75, 3.05) is 12.4 Å². The standard InChI is InChI=1S/C17H14BrClFN3O3/c1-8-14(21-7-26-8)16-22-12(6-18)13(17(24)25-2)15(23-16)10-4-3-9(20)5-11(10)19/h3-5,7,15H,6H2,1-2H3,(H,22,23). The van der Waals surface area contributed by atoms with E-state index in [0.717, 1.165) is 0 Å². The van der Waals surface area contributed by atoms with Crippen LogP contribution < -0.4 is 5.32 Å². The second-order valence-electron chi connectivity index (χ2n) is 5.45. The van der Waals surface area contributed by atoms with Gasteiger partial charge in [0, 0.05) is 21.6 Å². The van der Waals surface area contributed by atoms with Crippen LogP contribution in [0.3, 0.4) is 0 Å². The number of benzene rings is 1. The fourth-order valence-corrected chi connectivity index (χ4v) is 3.37. The number of aromatic nitrogens is 1. The van der Waals surface area contributed by atoms with E-state index in [2.05, 4.69) is 31.2 Å². The molecule has 0 saturated carbocycles. The highest BCUT2D eigenvalue weighted by atomic mass is 79.9. The number of aliphatic imine (C=N–C) groups is 1. The van der Waals surface area contributed by atoms with Gasteiger partial charge in [-0.3, -0.25) is 4.99 Å². The van der Waals surface area contributed by atoms with Gasteiger partial charge in [0.1, 0.15) is 23.3 Å². The largest absolute Gasteiger partial charge is 0.466 e. The van der Waals surface area contributed by atoms with E-state index in [1.807, 2.05) is 0 Å². The number of oxazole rings is 1. The second-order valence-corrected chi connectivity index (χ2v) is 6.41. The molecule has 1 aliphatic rings. The highest BCUT2D eigenvalue weighted by Crippen LogP contribution is 2.36. The van der Waals surface area contributed by atoms with Crippen LogP contribution in [0.4, 0.5) is 4.39 Å². The summed E-state index contributed by atoms with van der Waals surface area (Å²) in [6.45, 7) is 1.75. The van der Waals surface area contributed by atoms with Crippen LogP contribution in [0.15, 0.2) is 45.3 Å². The molecule has 0 bridgehead atoms. The van der Waals surface area contributed by atoms with E-state index in [-0.39, 0.29) is 10.6 Å². The van der Waals surface area contributed by atoms with Gasteiger partial charge in [0.25, 0.3) is 0 Å². The Bertz CT molecular complexity index is 926. The number of halogens is 3. The van der Waals surface area contributed by atoms with Crippen molar-refractivity contribution >= 4 is 39.3 Å². The Kier molecular flexibility index (Phi) is 5.43. The van der Waals surface area contributed by atoms with Gasteiger partial charge in [0.15, 0.2) is 12.2 Å². The molecule has 2 heterocycles. The lowest BCUT2D eigenvalue weighted by atomic mass is 9.95. The molecule has 9 heteroatoms. The van der Waals surface area contributed by atoms with Crippen molar-refractivity contribution in [3.8, 4) is 0 Å². The Balaban J connectivity index is 2.19. The van der Waals surface area contributed by atoms with Crippen LogP contribution in [-0.2, 0) is 9.53 Å². The van der Waals surface area contributed by atoms with Gasteiger partial charge in [-0.15, -0.1) is 0 Å². The molecule has 1 unspecified atom stereocenters. The zero-order valence-corrected chi connectivity index (χ0v) is 16.2. The Labute approximate surface area is 162 Å². The molecule has 26 heavy (non-hydrogen) atoms. The van der Waals surface area contributed by atoms with Crippen molar-refractivity contribution in [2.24, 2.45) is 4.99 Å². The van der Waals surface area contributed by atoms with Crippen LogP contribution in [-0.4, -0.2) is 29.2 Å². The first kappa shape index (κ1) is 18.6. The zero-order valence-electron chi connectivity index (χ0n) is 13.8. The minimum absolute atomic E-state index is 0.159. The molecule has 0 saturated heterocycles. The summed E-state index contributed by atoms with van der Waals surface area (Å²) in [6, 6.07) is 3.16. The van der Waals surface area contributed by atoms with Crippen molar-refractivity contribution in [1.82, 2.24) is 10.3 Å². The number of esters is 1. The number of carbonyl (C=O) groups excluding carboxylic acids is 1. The first-order valence-electron chi connectivity index (χ1n) is 7.53. The lowest BCUT2D eigenvalue weighted by Gasteiger charge is -2.26. The number of carbonyl (C=O) groups is 1. The average molecular weight is 443 g/mol. The lowest BCUT2D eigenvalue weighted by molar-refractivity contribution is -0.136. The fraction of sp³-hybridized carbons (Fsp3) is 0.235. The van der Waals surface area contributed by atoms with E-state index in [9.17, 15) is 9.18 Å². The fourth-order valence-electron chi connectivity index (χ4n) is 2.65. The minimum Gasteiger partial charge on any atom is -0.466 e. The zero-order chi connectivity index (χ0) is 18.8. The van der Waals surface area contributed by atoms with Crippen LogP contribution >= 0.6 is 27.5 Å². The van der Waals surface area contributed by atoms with Crippen LogP contribution in [0.5, 0.6) is 0 Å². The van der Waals surface area contributed by atoms with E-state index in [1.54, 1.807) is 6.92 Å². The van der Waals surface area contributed by atoms with Crippen LogP contribution in [0.25, 0.3) is 0 Å². The highest BCUT2D eigenvalue weighted by Gasteiger charge is 2.33. The summed E-state index contributed by atoms with van der Waals surface area (Å²) < 4.78 is 23.6. The molecule has 2 aromatic rings. The number of nitrogens with one attached hydrogen (secondary N) is 1. The molecule has 3 rings (SSSR count). The Morgan fingerprint density at radius 3 is 2.85 bits per heavy atom. The monoisotopic (exact) mass is 441 g/mol. The molecule has 6 nitrogen and oxygen atoms in total. The number of alkyl halides is 1. The summed E-state index contributed by atoms with van der Waals surface area (Å²) >= 11 is 9.59. The molecule has 0 spiro atoms. The molecule has 0 radical (unpaired) electrons. The number of hydrogen-bond acceptors (Lipinski definition) is 6. The van der Waals surface area contributed by atoms with Crippen LogP contribution in [0.2, 0.25) is 5.02 Å². The molecule has 136 valence electrons. The van der Waals surface area contributed by atoms with Crippen molar-refractivity contribution in [1.29, 1.82) is 0 Å². The lowest BCUT2D eigenvalue weighted by Crippen LogP contribution is -2.35. The smallest absolute Gasteiger partial charge is 0.338 e. The maximum atomic E-state index is 13.5. The van der Waals surface area contributed by atoms with E-state index in [0.29, 0.717) is 33.9 Å². The number of hydrogen-bond donors (Lipinski definition) is 1. The molecule has 1 aromatic heterocycles. The Morgan fingerprint density at radius 2 is 2.27 bits per heavy atom. The average Bonchev–Trinajstić information content (AvgIpc) is 3.06. The maximum absolute atomic E-state index is 13.5. The van der Waals surface area contributed by atoms with Crippen molar-refractivity contribution in [3.05, 3.63) is 63.7 Å². The predicted octanol–water partition coefficient (Wildman–Crippen LogP) is 3.69. The number of methoxy groups -OCH3 is 1. The van der Waals surface area contributed by atoms with Gasteiger partial charge in [0.2, 0.25) is 0 Å². The summed E-state index contributed by atoms with van der Waals surface area (Å²) in [5, 5.41) is 3.58. The summed E-state index contributed by atoms with van der Waals surface area (Å²) in [5.41, 5.74) is 1.82. The van der Waals surface area contributed by atoms with Gasteiger partial charge in [-0.2, -0.15) is 0 Å². The molecule has 1 N–H and O–H groups in total. The maximum Gasteiger partial charge on any atom is 0.338 e. The highest BCUT2D eigenvalue weighted by molar-refractivity contribution is 9.09. The molecule has 0 amide bonds. The summed E-state index contributed by atoms with van der Waals surface area (Å²) in [7, 11) is 1.28. The normalized spacial score (nSPS) is 17.0. The molecule has 1 aromatic carbocycles. The molecular weight excluding hydrogens is 429 g/mol. The molecule has 0 fully saturated rings. The van der Waals surface area contributed by atoms with Gasteiger partial charge >= 0.3 is 5.97 Å². The second kappa shape index (κ2) is 7.59. The molecule has 0 aliphatic carbocycles. The summed E-state index contributed by atoms with van der Waals surface area (Å²) in [4.78, 5) is 21.1. The Hall–Kier alpha value is -2.19. The van der Waals surface area contributed by atoms with Gasteiger partial charge in [-0.1, -0.05) is 33.6 Å². The van der Waals surface area contributed by atoms with Crippen molar-refractivity contribution in [3.63, 3.8) is 0 Å². The third-order valence-electron chi connectivity index (χ3n) is 3.89. The molecular formula is C17H14BrClFN3O3. The van der Waals surface area contributed by atoms with Crippen molar-refractivity contribution in [2.45, 2.75) is 13.0 Å². The van der Waals surface area contributed by atoms with E-state index in [4.69, 9.17) is 20.8 Å². The van der Waals surface area contributed by atoms with Crippen LogP contribution in [0.1, 0.15) is 23.1 Å². The van der Waals surface area contributed by atoms with Gasteiger partial charge < -0.3 is 14.5 Å². The number of ether oxygens (including phenoxy) is 1. The third-order valence-corrected chi connectivity index (χ3v) is 4.78. The third kappa shape index (κ3) is 3.39. The van der Waals surface area contributed by atoms with Crippen LogP contribution in [0, 0.1) is 12.7 Å². The van der Waals surface area contributed by atoms with Gasteiger partial charge in [-0.05, 0) is 19.1 Å².